The first-order valence-electron chi connectivity index (χ1n) is 5.55. The van der Waals surface area contributed by atoms with Crippen LogP contribution >= 0.6 is 11.6 Å². The molecule has 0 radical (unpaired) electrons. The lowest BCUT2D eigenvalue weighted by Crippen LogP contribution is -1.85. The van der Waals surface area contributed by atoms with E-state index in [1.165, 1.54) is 0 Å². The molecular formula is C14H11ClN2O. The summed E-state index contributed by atoms with van der Waals surface area (Å²) < 4.78 is 7.12. The highest BCUT2D eigenvalue weighted by atomic mass is 35.5. The van der Waals surface area contributed by atoms with Gasteiger partial charge in [-0.3, -0.25) is 0 Å². The number of ether oxygens (including phenoxy) is 1. The molecule has 0 spiro atoms. The minimum Gasteiger partial charge on any atom is -0.495 e. The zero-order chi connectivity index (χ0) is 12.5. The molecule has 0 aliphatic rings. The summed E-state index contributed by atoms with van der Waals surface area (Å²) in [5.41, 5.74) is 2.79. The van der Waals surface area contributed by atoms with Crippen molar-refractivity contribution >= 4 is 17.2 Å². The summed E-state index contributed by atoms with van der Waals surface area (Å²) in [6.45, 7) is 0. The fourth-order valence-electron chi connectivity index (χ4n) is 1.90. The van der Waals surface area contributed by atoms with Crippen molar-refractivity contribution in [2.24, 2.45) is 0 Å². The number of methoxy groups -OCH3 is 1. The van der Waals surface area contributed by atoms with E-state index in [0.717, 1.165) is 16.9 Å². The highest BCUT2D eigenvalue weighted by molar-refractivity contribution is 6.32. The Balaban J connectivity index is 2.11. The summed E-state index contributed by atoms with van der Waals surface area (Å²) in [5.74, 6) is 0.671. The van der Waals surface area contributed by atoms with Crippen molar-refractivity contribution in [2.75, 3.05) is 7.11 Å². The lowest BCUT2D eigenvalue weighted by Gasteiger charge is -2.03. The molecule has 18 heavy (non-hydrogen) atoms. The molecule has 2 aromatic heterocycles. The molecule has 0 amide bonds. The molecule has 4 heteroatoms. The van der Waals surface area contributed by atoms with Gasteiger partial charge in [0.1, 0.15) is 11.4 Å². The molecular weight excluding hydrogens is 248 g/mol. The van der Waals surface area contributed by atoms with E-state index >= 15 is 0 Å². The number of hydrogen-bond donors (Lipinski definition) is 0. The monoisotopic (exact) mass is 258 g/mol. The van der Waals surface area contributed by atoms with Crippen molar-refractivity contribution in [3.63, 3.8) is 0 Å². The zero-order valence-corrected chi connectivity index (χ0v) is 10.6. The first-order chi connectivity index (χ1) is 8.78. The van der Waals surface area contributed by atoms with Crippen molar-refractivity contribution in [3.8, 4) is 17.0 Å². The molecule has 0 saturated heterocycles. The van der Waals surface area contributed by atoms with E-state index in [1.807, 2.05) is 53.2 Å². The third-order valence-corrected chi connectivity index (χ3v) is 3.11. The molecule has 0 bridgehead atoms. The smallest absolute Gasteiger partial charge is 0.137 e. The van der Waals surface area contributed by atoms with Crippen LogP contribution in [0.15, 0.2) is 48.8 Å². The van der Waals surface area contributed by atoms with Crippen LogP contribution in [0.4, 0.5) is 0 Å². The van der Waals surface area contributed by atoms with Gasteiger partial charge in [0, 0.05) is 18.0 Å². The Kier molecular flexibility index (Phi) is 2.68. The Morgan fingerprint density at radius 2 is 2.11 bits per heavy atom. The Labute approximate surface area is 110 Å². The van der Waals surface area contributed by atoms with E-state index in [9.17, 15) is 0 Å². The summed E-state index contributed by atoms with van der Waals surface area (Å²) >= 11 is 6.12. The number of nitrogens with zero attached hydrogens (tertiary/aromatic N) is 2. The number of pyridine rings is 1. The lowest BCUT2D eigenvalue weighted by molar-refractivity contribution is 0.415. The number of hydrogen-bond acceptors (Lipinski definition) is 2. The maximum atomic E-state index is 6.12. The Bertz CT molecular complexity index is 673. The van der Waals surface area contributed by atoms with Gasteiger partial charge in [-0.1, -0.05) is 17.7 Å². The highest BCUT2D eigenvalue weighted by Crippen LogP contribution is 2.29. The zero-order valence-electron chi connectivity index (χ0n) is 9.80. The molecule has 0 atom stereocenters. The van der Waals surface area contributed by atoms with Gasteiger partial charge in [-0.25, -0.2) is 4.98 Å². The molecule has 3 nitrogen and oxygen atoms in total. The number of halogens is 1. The Morgan fingerprint density at radius 1 is 1.22 bits per heavy atom. The van der Waals surface area contributed by atoms with Crippen LogP contribution in [-0.2, 0) is 0 Å². The minimum atomic E-state index is 0.590. The van der Waals surface area contributed by atoms with Gasteiger partial charge in [0.25, 0.3) is 0 Å². The van der Waals surface area contributed by atoms with Gasteiger partial charge in [-0.05, 0) is 30.3 Å². The average molecular weight is 259 g/mol. The van der Waals surface area contributed by atoms with Gasteiger partial charge in [-0.2, -0.15) is 0 Å². The predicted molar refractivity (Wildman–Crippen MR) is 72.2 cm³/mol. The van der Waals surface area contributed by atoms with Crippen LogP contribution in [0.25, 0.3) is 16.9 Å². The van der Waals surface area contributed by atoms with E-state index in [4.69, 9.17) is 16.3 Å². The second kappa shape index (κ2) is 4.35. The summed E-state index contributed by atoms with van der Waals surface area (Å²) in [4.78, 5) is 4.54. The van der Waals surface area contributed by atoms with E-state index < -0.39 is 0 Å². The lowest BCUT2D eigenvalue weighted by atomic mass is 10.1. The van der Waals surface area contributed by atoms with Crippen molar-refractivity contribution in [3.05, 3.63) is 53.8 Å². The van der Waals surface area contributed by atoms with Crippen molar-refractivity contribution in [2.45, 2.75) is 0 Å². The average Bonchev–Trinajstić information content (AvgIpc) is 2.82. The summed E-state index contributed by atoms with van der Waals surface area (Å²) in [6, 6.07) is 11.6. The van der Waals surface area contributed by atoms with Gasteiger partial charge in [0.2, 0.25) is 0 Å². The second-order valence-corrected chi connectivity index (χ2v) is 4.35. The quantitative estimate of drug-likeness (QED) is 0.701. The molecule has 0 saturated carbocycles. The summed E-state index contributed by atoms with van der Waals surface area (Å²) in [7, 11) is 1.60. The maximum absolute atomic E-state index is 6.12. The van der Waals surface area contributed by atoms with E-state index in [1.54, 1.807) is 7.11 Å². The minimum absolute atomic E-state index is 0.590. The van der Waals surface area contributed by atoms with Gasteiger partial charge in [0.15, 0.2) is 0 Å². The molecule has 0 unspecified atom stereocenters. The molecule has 90 valence electrons. The number of benzene rings is 1. The fraction of sp³-hybridized carbons (Fsp3) is 0.0714. The third-order valence-electron chi connectivity index (χ3n) is 2.81. The summed E-state index contributed by atoms with van der Waals surface area (Å²) in [6.07, 6.45) is 3.95. The van der Waals surface area contributed by atoms with Crippen LogP contribution in [0.2, 0.25) is 5.02 Å². The number of imidazole rings is 1. The molecule has 0 aliphatic carbocycles. The Hall–Kier alpha value is -2.00. The number of fused-ring (bicyclic) bond motifs is 1. The topological polar surface area (TPSA) is 26.5 Å². The number of rotatable bonds is 2. The van der Waals surface area contributed by atoms with Gasteiger partial charge >= 0.3 is 0 Å². The second-order valence-electron chi connectivity index (χ2n) is 3.94. The largest absolute Gasteiger partial charge is 0.495 e. The van der Waals surface area contributed by atoms with Crippen LogP contribution in [-0.4, -0.2) is 16.5 Å². The normalized spacial score (nSPS) is 10.8. The molecule has 3 aromatic rings. The molecule has 2 heterocycles. The first kappa shape index (κ1) is 11.1. The van der Waals surface area contributed by atoms with Gasteiger partial charge in [0.05, 0.1) is 17.8 Å². The third kappa shape index (κ3) is 1.83. The fourth-order valence-corrected chi connectivity index (χ4v) is 2.16. The van der Waals surface area contributed by atoms with Gasteiger partial charge < -0.3 is 9.14 Å². The SMILES string of the molecule is COc1ccc(-c2cn3ccccc3n2)cc1Cl. The van der Waals surface area contributed by atoms with E-state index in [2.05, 4.69) is 4.98 Å². The maximum Gasteiger partial charge on any atom is 0.137 e. The van der Waals surface area contributed by atoms with Crippen LogP contribution < -0.4 is 4.74 Å². The number of aromatic nitrogens is 2. The molecule has 0 N–H and O–H groups in total. The Morgan fingerprint density at radius 3 is 2.83 bits per heavy atom. The summed E-state index contributed by atoms with van der Waals surface area (Å²) in [5, 5.41) is 0.590. The van der Waals surface area contributed by atoms with Crippen molar-refractivity contribution in [1.29, 1.82) is 0 Å². The first-order valence-corrected chi connectivity index (χ1v) is 5.93. The van der Waals surface area contributed by atoms with Crippen LogP contribution in [0.3, 0.4) is 0 Å². The molecule has 0 aliphatic heterocycles. The highest BCUT2D eigenvalue weighted by Gasteiger charge is 2.07. The van der Waals surface area contributed by atoms with E-state index in [-0.39, 0.29) is 0 Å². The molecule has 1 aromatic carbocycles. The van der Waals surface area contributed by atoms with E-state index in [0.29, 0.717) is 10.8 Å². The predicted octanol–water partition coefficient (Wildman–Crippen LogP) is 3.66. The van der Waals surface area contributed by atoms with Crippen LogP contribution in [0.1, 0.15) is 0 Å². The van der Waals surface area contributed by atoms with Crippen molar-refractivity contribution < 1.29 is 4.74 Å². The molecule has 0 fully saturated rings. The van der Waals surface area contributed by atoms with Crippen molar-refractivity contribution in [1.82, 2.24) is 9.38 Å². The van der Waals surface area contributed by atoms with Crippen LogP contribution in [0, 0.1) is 0 Å². The van der Waals surface area contributed by atoms with Gasteiger partial charge in [-0.15, -0.1) is 0 Å². The standard InChI is InChI=1S/C14H11ClN2O/c1-18-13-6-5-10(8-11(13)15)12-9-17-7-3-2-4-14(17)16-12/h2-9H,1H3. The molecule has 3 rings (SSSR count). The van der Waals surface area contributed by atoms with Crippen LogP contribution in [0.5, 0.6) is 5.75 Å².